The van der Waals surface area contributed by atoms with Gasteiger partial charge in [-0.05, 0) is 45.7 Å². The fourth-order valence-corrected chi connectivity index (χ4v) is 2.10. The number of hydrogen-bond acceptors (Lipinski definition) is 3. The highest BCUT2D eigenvalue weighted by atomic mass is 16.3. The molecule has 0 amide bonds. The summed E-state index contributed by atoms with van der Waals surface area (Å²) >= 11 is 0. The smallest absolute Gasteiger partial charge is 0.118 e. The van der Waals surface area contributed by atoms with E-state index >= 15 is 0 Å². The van der Waals surface area contributed by atoms with E-state index in [0.29, 0.717) is 0 Å². The van der Waals surface area contributed by atoms with Crippen LogP contribution in [0.5, 0.6) is 0 Å². The zero-order valence-corrected chi connectivity index (χ0v) is 12.4. The molecule has 1 fully saturated rings. The lowest BCUT2D eigenvalue weighted by Gasteiger charge is -2.20. The zero-order chi connectivity index (χ0) is 13.9. The monoisotopic (exact) mass is 262 g/mol. The summed E-state index contributed by atoms with van der Waals surface area (Å²) in [5, 5.41) is 3.44. The predicted octanol–water partition coefficient (Wildman–Crippen LogP) is 3.32. The van der Waals surface area contributed by atoms with Crippen molar-refractivity contribution in [2.24, 2.45) is 0 Å². The minimum atomic E-state index is 0.121. The van der Waals surface area contributed by atoms with Crippen LogP contribution < -0.4 is 5.32 Å². The molecule has 0 aromatic carbocycles. The molecule has 1 aromatic rings. The summed E-state index contributed by atoms with van der Waals surface area (Å²) in [5.41, 5.74) is 0.121. The first kappa shape index (κ1) is 14.4. The Morgan fingerprint density at radius 1 is 1.37 bits per heavy atom. The second-order valence-electron chi connectivity index (χ2n) is 6.42. The summed E-state index contributed by atoms with van der Waals surface area (Å²) in [6, 6.07) is 4.91. The Morgan fingerprint density at radius 3 is 2.63 bits per heavy atom. The average molecular weight is 262 g/mol. The number of furan rings is 1. The molecular weight excluding hydrogens is 236 g/mol. The van der Waals surface area contributed by atoms with Gasteiger partial charge in [0.2, 0.25) is 0 Å². The molecule has 0 radical (unpaired) electrons. The van der Waals surface area contributed by atoms with Gasteiger partial charge in [0.25, 0.3) is 0 Å². The normalized spacial score (nSPS) is 16.0. The minimum absolute atomic E-state index is 0.121. The Balaban J connectivity index is 1.87. The molecule has 1 aliphatic carbocycles. The van der Waals surface area contributed by atoms with Gasteiger partial charge < -0.3 is 9.73 Å². The fourth-order valence-electron chi connectivity index (χ4n) is 2.10. The van der Waals surface area contributed by atoms with Crippen molar-refractivity contribution < 1.29 is 4.42 Å². The molecular formula is C16H26N2O. The average Bonchev–Trinajstić information content (AvgIpc) is 3.07. The van der Waals surface area contributed by atoms with Gasteiger partial charge in [-0.2, -0.15) is 0 Å². The van der Waals surface area contributed by atoms with E-state index in [-0.39, 0.29) is 5.54 Å². The van der Waals surface area contributed by atoms with E-state index in [1.165, 1.54) is 12.8 Å². The van der Waals surface area contributed by atoms with Gasteiger partial charge in [0.15, 0.2) is 0 Å². The molecule has 19 heavy (non-hydrogen) atoms. The van der Waals surface area contributed by atoms with Gasteiger partial charge in [0.1, 0.15) is 11.5 Å². The van der Waals surface area contributed by atoms with Gasteiger partial charge in [0.05, 0.1) is 13.1 Å². The Hall–Kier alpha value is -1.06. The minimum Gasteiger partial charge on any atom is -0.463 e. The fraction of sp³-hybridized carbons (Fsp3) is 0.625. The van der Waals surface area contributed by atoms with Crippen molar-refractivity contribution in [2.45, 2.75) is 58.3 Å². The molecule has 3 nitrogen and oxygen atoms in total. The first-order valence-electron chi connectivity index (χ1n) is 7.15. The third-order valence-corrected chi connectivity index (χ3v) is 3.30. The Morgan fingerprint density at radius 2 is 2.05 bits per heavy atom. The van der Waals surface area contributed by atoms with Crippen LogP contribution in [0, 0.1) is 0 Å². The van der Waals surface area contributed by atoms with E-state index in [9.17, 15) is 0 Å². The molecule has 0 spiro atoms. The van der Waals surface area contributed by atoms with E-state index in [4.69, 9.17) is 4.42 Å². The molecule has 1 N–H and O–H groups in total. The van der Waals surface area contributed by atoms with Gasteiger partial charge in [-0.3, -0.25) is 4.90 Å². The van der Waals surface area contributed by atoms with E-state index in [2.05, 4.69) is 49.7 Å². The third kappa shape index (κ3) is 4.84. The van der Waals surface area contributed by atoms with Crippen LogP contribution in [0.15, 0.2) is 29.2 Å². The van der Waals surface area contributed by atoms with Crippen molar-refractivity contribution in [1.82, 2.24) is 10.2 Å². The second kappa shape index (κ2) is 5.93. The van der Waals surface area contributed by atoms with Crippen LogP contribution in [-0.4, -0.2) is 23.0 Å². The lowest BCUT2D eigenvalue weighted by molar-refractivity contribution is 0.253. The Bertz CT molecular complexity index is 413. The molecule has 1 aromatic heterocycles. The van der Waals surface area contributed by atoms with Gasteiger partial charge in [-0.1, -0.05) is 6.08 Å². The van der Waals surface area contributed by atoms with E-state index in [1.807, 2.05) is 6.08 Å². The standard InChI is InChI=1S/C16H26N2O/c1-5-10-18(13-6-7-13)12-15-9-8-14(19-15)11-17-16(2,3)4/h5,8-9,13,17H,1,6-7,10-12H2,2-4H3. The summed E-state index contributed by atoms with van der Waals surface area (Å²) < 4.78 is 5.90. The van der Waals surface area contributed by atoms with Gasteiger partial charge in [-0.25, -0.2) is 0 Å². The maximum absolute atomic E-state index is 5.90. The molecule has 0 bridgehead atoms. The van der Waals surface area contributed by atoms with Crippen LogP contribution in [0.25, 0.3) is 0 Å². The van der Waals surface area contributed by atoms with E-state index in [0.717, 1.165) is 37.2 Å². The highest BCUT2D eigenvalue weighted by molar-refractivity contribution is 5.08. The molecule has 2 rings (SSSR count). The van der Waals surface area contributed by atoms with Crippen molar-refractivity contribution in [3.8, 4) is 0 Å². The van der Waals surface area contributed by atoms with E-state index in [1.54, 1.807) is 0 Å². The van der Waals surface area contributed by atoms with Crippen LogP contribution in [0.1, 0.15) is 45.1 Å². The molecule has 0 unspecified atom stereocenters. The zero-order valence-electron chi connectivity index (χ0n) is 12.4. The van der Waals surface area contributed by atoms with E-state index < -0.39 is 0 Å². The van der Waals surface area contributed by atoms with Crippen LogP contribution in [0.3, 0.4) is 0 Å². The molecule has 0 atom stereocenters. The van der Waals surface area contributed by atoms with Crippen LogP contribution >= 0.6 is 0 Å². The molecule has 1 saturated carbocycles. The molecule has 1 heterocycles. The first-order valence-corrected chi connectivity index (χ1v) is 7.15. The molecule has 0 aliphatic heterocycles. The SMILES string of the molecule is C=CCN(Cc1ccc(CNC(C)(C)C)o1)C1CC1. The largest absolute Gasteiger partial charge is 0.463 e. The lowest BCUT2D eigenvalue weighted by atomic mass is 10.1. The summed E-state index contributed by atoms with van der Waals surface area (Å²) in [6.07, 6.45) is 4.60. The van der Waals surface area contributed by atoms with Crippen molar-refractivity contribution in [3.05, 3.63) is 36.3 Å². The Kier molecular flexibility index (Phi) is 4.48. The van der Waals surface area contributed by atoms with Gasteiger partial charge in [0, 0.05) is 18.1 Å². The second-order valence-corrected chi connectivity index (χ2v) is 6.42. The predicted molar refractivity (Wildman–Crippen MR) is 78.9 cm³/mol. The van der Waals surface area contributed by atoms with Crippen LogP contribution in [0.4, 0.5) is 0 Å². The number of hydrogen-bond donors (Lipinski definition) is 1. The van der Waals surface area contributed by atoms with Crippen molar-refractivity contribution in [1.29, 1.82) is 0 Å². The van der Waals surface area contributed by atoms with Crippen molar-refractivity contribution >= 4 is 0 Å². The number of rotatable bonds is 7. The summed E-state index contributed by atoms with van der Waals surface area (Å²) in [4.78, 5) is 2.44. The molecule has 0 saturated heterocycles. The van der Waals surface area contributed by atoms with Crippen molar-refractivity contribution in [2.75, 3.05) is 6.54 Å². The highest BCUT2D eigenvalue weighted by Crippen LogP contribution is 2.28. The number of nitrogens with one attached hydrogen (secondary N) is 1. The summed E-state index contributed by atoms with van der Waals surface area (Å²) in [5.74, 6) is 2.07. The molecule has 106 valence electrons. The maximum atomic E-state index is 5.90. The topological polar surface area (TPSA) is 28.4 Å². The lowest BCUT2D eigenvalue weighted by Crippen LogP contribution is -2.34. The summed E-state index contributed by atoms with van der Waals surface area (Å²) in [6.45, 7) is 12.9. The van der Waals surface area contributed by atoms with Crippen LogP contribution in [-0.2, 0) is 13.1 Å². The van der Waals surface area contributed by atoms with Crippen LogP contribution in [0.2, 0.25) is 0 Å². The quantitative estimate of drug-likeness (QED) is 0.764. The van der Waals surface area contributed by atoms with Gasteiger partial charge in [-0.15, -0.1) is 6.58 Å². The third-order valence-electron chi connectivity index (χ3n) is 3.30. The summed E-state index contributed by atoms with van der Waals surface area (Å²) in [7, 11) is 0. The maximum Gasteiger partial charge on any atom is 0.118 e. The Labute approximate surface area is 116 Å². The number of nitrogens with zero attached hydrogens (tertiary/aromatic N) is 1. The molecule has 1 aliphatic rings. The highest BCUT2D eigenvalue weighted by Gasteiger charge is 2.28. The molecule has 3 heteroatoms. The van der Waals surface area contributed by atoms with Gasteiger partial charge >= 0.3 is 0 Å². The first-order chi connectivity index (χ1) is 8.98. The van der Waals surface area contributed by atoms with Crippen molar-refractivity contribution in [3.63, 3.8) is 0 Å².